The van der Waals surface area contributed by atoms with Gasteiger partial charge in [0.2, 0.25) is 11.8 Å². The number of benzene rings is 1. The minimum absolute atomic E-state index is 0.00985. The number of likely N-dealkylation sites (tertiary alicyclic amines) is 1. The molecule has 2 amide bonds. The van der Waals surface area contributed by atoms with Gasteiger partial charge in [-0.25, -0.2) is 0 Å². The summed E-state index contributed by atoms with van der Waals surface area (Å²) in [4.78, 5) is 26.5. The lowest BCUT2D eigenvalue weighted by Crippen LogP contribution is -2.44. The molecular weight excluding hydrogens is 330 g/mol. The minimum atomic E-state index is -0.442. The summed E-state index contributed by atoms with van der Waals surface area (Å²) >= 11 is 0. The zero-order valence-electron chi connectivity index (χ0n) is 15.0. The van der Waals surface area contributed by atoms with Crippen LogP contribution in [0.4, 0.5) is 5.69 Å². The Kier molecular flexibility index (Phi) is 5.68. The van der Waals surface area contributed by atoms with Gasteiger partial charge in [-0.3, -0.25) is 19.2 Å². The highest BCUT2D eigenvalue weighted by atomic mass is 16.2. The number of nitrogens with one attached hydrogen (secondary N) is 1. The first-order valence-corrected chi connectivity index (χ1v) is 9.00. The van der Waals surface area contributed by atoms with Gasteiger partial charge < -0.3 is 11.1 Å². The van der Waals surface area contributed by atoms with E-state index >= 15 is 0 Å². The molecule has 3 N–H and O–H groups in total. The lowest BCUT2D eigenvalue weighted by atomic mass is 9.93. The van der Waals surface area contributed by atoms with Crippen LogP contribution in [0.1, 0.15) is 31.4 Å². The Hall–Kier alpha value is -2.67. The first-order chi connectivity index (χ1) is 12.6. The molecule has 7 heteroatoms. The summed E-state index contributed by atoms with van der Waals surface area (Å²) in [6, 6.07) is 9.12. The molecule has 1 aromatic carbocycles. The third-order valence-corrected chi connectivity index (χ3v) is 4.88. The number of nitrogens with zero attached hydrogens (tertiary/aromatic N) is 3. The van der Waals surface area contributed by atoms with Crippen molar-refractivity contribution in [1.82, 2.24) is 14.7 Å². The van der Waals surface area contributed by atoms with Crippen LogP contribution >= 0.6 is 0 Å². The van der Waals surface area contributed by atoms with Gasteiger partial charge in [-0.15, -0.1) is 0 Å². The average molecular weight is 355 g/mol. The molecular formula is C19H25N5O2. The Bertz CT molecular complexity index is 750. The van der Waals surface area contributed by atoms with E-state index < -0.39 is 6.04 Å². The van der Waals surface area contributed by atoms with Gasteiger partial charge in [0.25, 0.3) is 0 Å². The number of aromatic nitrogens is 2. The number of hydrogen-bond acceptors (Lipinski definition) is 4. The van der Waals surface area contributed by atoms with Crippen molar-refractivity contribution >= 4 is 17.5 Å². The summed E-state index contributed by atoms with van der Waals surface area (Å²) in [5, 5.41) is 7.10. The van der Waals surface area contributed by atoms with Crippen LogP contribution in [0.2, 0.25) is 0 Å². The molecule has 26 heavy (non-hydrogen) atoms. The van der Waals surface area contributed by atoms with Crippen molar-refractivity contribution in [3.63, 3.8) is 0 Å². The van der Waals surface area contributed by atoms with E-state index in [0.29, 0.717) is 25.9 Å². The van der Waals surface area contributed by atoms with Crippen LogP contribution in [0.5, 0.6) is 0 Å². The molecule has 1 unspecified atom stereocenters. The number of anilines is 1. The van der Waals surface area contributed by atoms with E-state index in [0.717, 1.165) is 17.8 Å². The maximum absolute atomic E-state index is 12.5. The van der Waals surface area contributed by atoms with Crippen LogP contribution in [0.25, 0.3) is 0 Å². The van der Waals surface area contributed by atoms with Crippen LogP contribution < -0.4 is 11.1 Å². The van der Waals surface area contributed by atoms with E-state index in [4.69, 9.17) is 5.73 Å². The molecule has 3 rings (SSSR count). The second-order valence-electron chi connectivity index (χ2n) is 6.60. The van der Waals surface area contributed by atoms with Crippen molar-refractivity contribution in [2.75, 3.05) is 18.4 Å². The maximum Gasteiger partial charge on any atom is 0.239 e. The molecule has 138 valence electrons. The minimum Gasteiger partial charge on any atom is -0.368 e. The maximum atomic E-state index is 12.5. The van der Waals surface area contributed by atoms with Crippen molar-refractivity contribution in [2.24, 2.45) is 11.7 Å². The fourth-order valence-electron chi connectivity index (χ4n) is 3.46. The molecule has 0 bridgehead atoms. The highest BCUT2D eigenvalue weighted by molar-refractivity contribution is 5.92. The van der Waals surface area contributed by atoms with Crippen LogP contribution in [-0.2, 0) is 16.1 Å². The molecule has 2 heterocycles. The fraction of sp³-hybridized carbons (Fsp3) is 0.421. The highest BCUT2D eigenvalue weighted by Crippen LogP contribution is 2.27. The van der Waals surface area contributed by atoms with Gasteiger partial charge in [-0.2, -0.15) is 5.10 Å². The first kappa shape index (κ1) is 18.1. The topological polar surface area (TPSA) is 93.3 Å². The predicted molar refractivity (Wildman–Crippen MR) is 99.2 cm³/mol. The molecule has 1 saturated heterocycles. The monoisotopic (exact) mass is 355 g/mol. The lowest BCUT2D eigenvalue weighted by molar-refractivity contribution is -0.125. The number of amides is 2. The van der Waals surface area contributed by atoms with Gasteiger partial charge in [0, 0.05) is 18.7 Å². The van der Waals surface area contributed by atoms with Crippen LogP contribution in [0.3, 0.4) is 0 Å². The van der Waals surface area contributed by atoms with Crippen molar-refractivity contribution in [3.05, 3.63) is 48.3 Å². The second-order valence-corrected chi connectivity index (χ2v) is 6.60. The lowest BCUT2D eigenvalue weighted by Gasteiger charge is -2.35. The first-order valence-electron chi connectivity index (χ1n) is 9.00. The number of piperidine rings is 1. The molecule has 0 aliphatic carbocycles. The van der Waals surface area contributed by atoms with Crippen molar-refractivity contribution < 1.29 is 9.59 Å². The Morgan fingerprint density at radius 3 is 2.54 bits per heavy atom. The number of carbonyl (C=O) groups excluding carboxylic acids is 2. The van der Waals surface area contributed by atoms with Crippen LogP contribution in [0.15, 0.2) is 42.7 Å². The fourth-order valence-corrected chi connectivity index (χ4v) is 3.46. The molecule has 2 aromatic rings. The van der Waals surface area contributed by atoms with Gasteiger partial charge >= 0.3 is 0 Å². The van der Waals surface area contributed by atoms with Gasteiger partial charge in [-0.05, 0) is 38.4 Å². The molecule has 1 fully saturated rings. The van der Waals surface area contributed by atoms with Crippen molar-refractivity contribution in [3.8, 4) is 0 Å². The number of primary amides is 1. The number of carbonyl (C=O) groups is 2. The highest BCUT2D eigenvalue weighted by Gasteiger charge is 2.32. The molecule has 1 atom stereocenters. The summed E-state index contributed by atoms with van der Waals surface area (Å²) in [5.74, 6) is -0.415. The number of hydrogen-bond donors (Lipinski definition) is 2. The molecule has 1 aliphatic heterocycles. The normalized spacial score (nSPS) is 17.0. The number of rotatable bonds is 6. The summed E-state index contributed by atoms with van der Waals surface area (Å²) in [6.45, 7) is 4.09. The van der Waals surface area contributed by atoms with E-state index in [1.165, 1.54) is 0 Å². The third-order valence-electron chi connectivity index (χ3n) is 4.88. The predicted octanol–water partition coefficient (Wildman–Crippen LogP) is 1.78. The average Bonchev–Trinajstić information content (AvgIpc) is 3.10. The summed E-state index contributed by atoms with van der Waals surface area (Å²) in [7, 11) is 0. The standard InChI is InChI=1S/C19H25N5O2/c1-2-24-13-16(12-21-24)22-19(26)15-8-10-23(11-9-15)17(18(20)25)14-6-4-3-5-7-14/h3-7,12-13,15,17H,2,8-11H2,1H3,(H2,20,25)(H,22,26). The Morgan fingerprint density at radius 2 is 1.96 bits per heavy atom. The molecule has 7 nitrogen and oxygen atoms in total. The number of aryl methyl sites for hydroxylation is 1. The van der Waals surface area contributed by atoms with E-state index in [-0.39, 0.29) is 17.7 Å². The van der Waals surface area contributed by atoms with E-state index in [1.54, 1.807) is 10.9 Å². The Morgan fingerprint density at radius 1 is 1.27 bits per heavy atom. The van der Waals surface area contributed by atoms with Crippen molar-refractivity contribution in [1.29, 1.82) is 0 Å². The summed E-state index contributed by atoms with van der Waals surface area (Å²) in [5.41, 5.74) is 7.26. The second kappa shape index (κ2) is 8.14. The van der Waals surface area contributed by atoms with E-state index in [1.807, 2.05) is 43.5 Å². The zero-order chi connectivity index (χ0) is 18.5. The van der Waals surface area contributed by atoms with Crippen LogP contribution in [0, 0.1) is 5.92 Å². The third kappa shape index (κ3) is 4.11. The largest absolute Gasteiger partial charge is 0.368 e. The Balaban J connectivity index is 1.59. The zero-order valence-corrected chi connectivity index (χ0v) is 15.0. The summed E-state index contributed by atoms with van der Waals surface area (Å²) < 4.78 is 1.77. The van der Waals surface area contributed by atoms with Gasteiger partial charge in [0.1, 0.15) is 6.04 Å². The van der Waals surface area contributed by atoms with Crippen LogP contribution in [-0.4, -0.2) is 39.6 Å². The van der Waals surface area contributed by atoms with Crippen molar-refractivity contribution in [2.45, 2.75) is 32.4 Å². The van der Waals surface area contributed by atoms with Gasteiger partial charge in [0.05, 0.1) is 11.9 Å². The SMILES string of the molecule is CCn1cc(NC(=O)C2CCN(C(C(N)=O)c3ccccc3)CC2)cn1. The summed E-state index contributed by atoms with van der Waals surface area (Å²) in [6.07, 6.45) is 4.88. The number of nitrogens with two attached hydrogens (primary N) is 1. The van der Waals surface area contributed by atoms with E-state index in [2.05, 4.69) is 15.3 Å². The van der Waals surface area contributed by atoms with Gasteiger partial charge in [0.15, 0.2) is 0 Å². The molecule has 0 radical (unpaired) electrons. The smallest absolute Gasteiger partial charge is 0.239 e. The quantitative estimate of drug-likeness (QED) is 0.826. The molecule has 0 spiro atoms. The van der Waals surface area contributed by atoms with Gasteiger partial charge in [-0.1, -0.05) is 30.3 Å². The molecule has 1 aromatic heterocycles. The van der Waals surface area contributed by atoms with E-state index in [9.17, 15) is 9.59 Å². The molecule has 1 aliphatic rings. The Labute approximate surface area is 153 Å². The molecule has 0 saturated carbocycles.